The first-order valence-electron chi connectivity index (χ1n) is 2.66. The number of pyridine rings is 1. The Hall–Kier alpha value is -0.640. The Morgan fingerprint density at radius 3 is 2.80 bits per heavy atom. The van der Waals surface area contributed by atoms with E-state index in [2.05, 4.69) is 15.9 Å². The maximum atomic E-state index is 12.5. The van der Waals surface area contributed by atoms with E-state index in [-0.39, 0.29) is 0 Å². The molecule has 0 saturated heterocycles. The quantitative estimate of drug-likeness (QED) is 0.467. The molecule has 1 heterocycles. The SMILES string of the molecule is Cc1cc(Br)c(F)c[n+]1[O-]. The zero-order valence-electron chi connectivity index (χ0n) is 5.27. The Kier molecular flexibility index (Phi) is 1.89. The van der Waals surface area contributed by atoms with E-state index in [4.69, 9.17) is 0 Å². The van der Waals surface area contributed by atoms with Crippen molar-refractivity contribution in [2.45, 2.75) is 6.92 Å². The van der Waals surface area contributed by atoms with Gasteiger partial charge in [-0.15, -0.1) is 0 Å². The van der Waals surface area contributed by atoms with Gasteiger partial charge in [-0.05, 0) is 15.9 Å². The first kappa shape index (κ1) is 7.47. The lowest BCUT2D eigenvalue weighted by Gasteiger charge is -1.99. The number of hydrogen-bond acceptors (Lipinski definition) is 1. The number of rotatable bonds is 0. The van der Waals surface area contributed by atoms with Crippen LogP contribution in [0.15, 0.2) is 16.7 Å². The molecule has 0 fully saturated rings. The molecular formula is C6H5BrFNO. The van der Waals surface area contributed by atoms with Gasteiger partial charge in [-0.25, -0.2) is 0 Å². The van der Waals surface area contributed by atoms with E-state index in [1.807, 2.05) is 0 Å². The van der Waals surface area contributed by atoms with Crippen molar-refractivity contribution >= 4 is 15.9 Å². The van der Waals surface area contributed by atoms with Crippen molar-refractivity contribution in [1.82, 2.24) is 0 Å². The van der Waals surface area contributed by atoms with Gasteiger partial charge in [0, 0.05) is 13.0 Å². The standard InChI is InChI=1S/C6H5BrFNO/c1-4-2-5(7)6(8)3-9(4)10/h2-3H,1H3. The predicted molar refractivity (Wildman–Crippen MR) is 37.8 cm³/mol. The normalized spacial score (nSPS) is 9.90. The van der Waals surface area contributed by atoms with Gasteiger partial charge in [0.2, 0.25) is 12.0 Å². The van der Waals surface area contributed by atoms with E-state index in [0.29, 0.717) is 14.9 Å². The Morgan fingerprint density at radius 1 is 1.70 bits per heavy atom. The van der Waals surface area contributed by atoms with Crippen LogP contribution in [0.5, 0.6) is 0 Å². The summed E-state index contributed by atoms with van der Waals surface area (Å²) in [4.78, 5) is 0. The minimum absolute atomic E-state index is 0.317. The summed E-state index contributed by atoms with van der Waals surface area (Å²) in [5.41, 5.74) is 0.466. The van der Waals surface area contributed by atoms with Crippen molar-refractivity contribution in [3.63, 3.8) is 0 Å². The molecule has 0 N–H and O–H groups in total. The zero-order valence-corrected chi connectivity index (χ0v) is 6.85. The van der Waals surface area contributed by atoms with E-state index in [0.717, 1.165) is 6.20 Å². The second kappa shape index (κ2) is 2.54. The number of aryl methyl sites for hydroxylation is 1. The molecule has 0 unspecified atom stereocenters. The van der Waals surface area contributed by atoms with Crippen LogP contribution in [0.1, 0.15) is 5.69 Å². The number of nitrogens with zero attached hydrogens (tertiary/aromatic N) is 1. The summed E-state index contributed by atoms with van der Waals surface area (Å²) in [6.07, 6.45) is 0.888. The van der Waals surface area contributed by atoms with Gasteiger partial charge in [0.15, 0.2) is 5.69 Å². The van der Waals surface area contributed by atoms with E-state index < -0.39 is 5.82 Å². The summed E-state index contributed by atoms with van der Waals surface area (Å²) < 4.78 is 13.3. The lowest BCUT2D eigenvalue weighted by Crippen LogP contribution is -2.29. The van der Waals surface area contributed by atoms with Crippen molar-refractivity contribution < 1.29 is 9.12 Å². The average molecular weight is 206 g/mol. The van der Waals surface area contributed by atoms with Crippen LogP contribution in [-0.4, -0.2) is 0 Å². The fraction of sp³-hybridized carbons (Fsp3) is 0.167. The molecule has 0 amide bonds. The molecule has 2 nitrogen and oxygen atoms in total. The van der Waals surface area contributed by atoms with E-state index in [1.54, 1.807) is 6.92 Å². The fourth-order valence-corrected chi connectivity index (χ4v) is 1.02. The number of halogens is 2. The molecule has 0 aliphatic heterocycles. The smallest absolute Gasteiger partial charge is 0.217 e. The van der Waals surface area contributed by atoms with Gasteiger partial charge >= 0.3 is 0 Å². The van der Waals surface area contributed by atoms with Gasteiger partial charge in [0.05, 0.1) is 4.47 Å². The molecule has 0 spiro atoms. The number of aromatic nitrogens is 1. The Balaban J connectivity index is 3.28. The lowest BCUT2D eigenvalue weighted by molar-refractivity contribution is -0.614. The summed E-state index contributed by atoms with van der Waals surface area (Å²) in [5.74, 6) is -0.541. The zero-order chi connectivity index (χ0) is 7.72. The maximum absolute atomic E-state index is 12.5. The van der Waals surface area contributed by atoms with Crippen LogP contribution in [-0.2, 0) is 0 Å². The van der Waals surface area contributed by atoms with Crippen LogP contribution >= 0.6 is 15.9 Å². The molecule has 0 atom stereocenters. The van der Waals surface area contributed by atoms with Crippen LogP contribution in [0.3, 0.4) is 0 Å². The third-order valence-corrected chi connectivity index (χ3v) is 1.75. The molecule has 1 aromatic rings. The Labute approximate surface area is 66.0 Å². The molecule has 0 radical (unpaired) electrons. The summed E-state index contributed by atoms with van der Waals surface area (Å²) in [7, 11) is 0. The molecule has 4 heteroatoms. The molecule has 54 valence electrons. The van der Waals surface area contributed by atoms with Gasteiger partial charge in [-0.1, -0.05) is 0 Å². The predicted octanol–water partition coefficient (Wildman–Crippen LogP) is 1.53. The van der Waals surface area contributed by atoms with Crippen LogP contribution < -0.4 is 4.73 Å². The fourth-order valence-electron chi connectivity index (χ4n) is 0.582. The van der Waals surface area contributed by atoms with Gasteiger partial charge in [0.25, 0.3) is 0 Å². The van der Waals surface area contributed by atoms with Crippen LogP contribution in [0.2, 0.25) is 0 Å². The first-order chi connectivity index (χ1) is 4.61. The van der Waals surface area contributed by atoms with Gasteiger partial charge < -0.3 is 5.21 Å². The molecule has 0 bridgehead atoms. The Bertz CT molecular complexity index is 214. The highest BCUT2D eigenvalue weighted by Gasteiger charge is 2.05. The topological polar surface area (TPSA) is 26.9 Å². The van der Waals surface area contributed by atoms with Crippen molar-refractivity contribution in [2.75, 3.05) is 0 Å². The van der Waals surface area contributed by atoms with E-state index in [1.165, 1.54) is 6.07 Å². The van der Waals surface area contributed by atoms with Crippen molar-refractivity contribution in [3.8, 4) is 0 Å². The summed E-state index contributed by atoms with van der Waals surface area (Å²) in [5, 5.41) is 10.6. The first-order valence-corrected chi connectivity index (χ1v) is 3.45. The summed E-state index contributed by atoms with van der Waals surface area (Å²) in [6, 6.07) is 1.43. The molecule has 0 aromatic carbocycles. The molecule has 0 aliphatic carbocycles. The molecule has 0 aliphatic rings. The highest BCUT2D eigenvalue weighted by molar-refractivity contribution is 9.10. The monoisotopic (exact) mass is 205 g/mol. The minimum atomic E-state index is -0.541. The molecule has 1 rings (SSSR count). The second-order valence-corrected chi connectivity index (χ2v) is 2.79. The van der Waals surface area contributed by atoms with E-state index >= 15 is 0 Å². The van der Waals surface area contributed by atoms with Crippen LogP contribution in [0, 0.1) is 17.9 Å². The Morgan fingerprint density at radius 2 is 2.30 bits per heavy atom. The van der Waals surface area contributed by atoms with Crippen LogP contribution in [0.4, 0.5) is 4.39 Å². The average Bonchev–Trinajstić information content (AvgIpc) is 1.84. The summed E-state index contributed by atoms with van der Waals surface area (Å²) in [6.45, 7) is 1.61. The third-order valence-electron chi connectivity index (χ3n) is 1.14. The lowest BCUT2D eigenvalue weighted by atomic mass is 10.4. The molecule has 10 heavy (non-hydrogen) atoms. The number of hydrogen-bond donors (Lipinski definition) is 0. The molecule has 0 saturated carbocycles. The van der Waals surface area contributed by atoms with Crippen molar-refractivity contribution in [1.29, 1.82) is 0 Å². The molecular weight excluding hydrogens is 201 g/mol. The van der Waals surface area contributed by atoms with E-state index in [9.17, 15) is 9.60 Å². The second-order valence-electron chi connectivity index (χ2n) is 1.94. The van der Waals surface area contributed by atoms with Crippen LogP contribution in [0.25, 0.3) is 0 Å². The molecule has 1 aromatic heterocycles. The van der Waals surface area contributed by atoms with Gasteiger partial charge in [-0.2, -0.15) is 9.12 Å². The largest absolute Gasteiger partial charge is 0.618 e. The highest BCUT2D eigenvalue weighted by atomic mass is 79.9. The van der Waals surface area contributed by atoms with Gasteiger partial charge in [0.1, 0.15) is 0 Å². The maximum Gasteiger partial charge on any atom is 0.217 e. The summed E-state index contributed by atoms with van der Waals surface area (Å²) >= 11 is 2.95. The van der Waals surface area contributed by atoms with Crippen molar-refractivity contribution in [3.05, 3.63) is 33.5 Å². The van der Waals surface area contributed by atoms with Crippen molar-refractivity contribution in [2.24, 2.45) is 0 Å². The minimum Gasteiger partial charge on any atom is -0.618 e. The van der Waals surface area contributed by atoms with Gasteiger partial charge in [-0.3, -0.25) is 0 Å². The third kappa shape index (κ3) is 1.26. The highest BCUT2D eigenvalue weighted by Crippen LogP contribution is 2.12.